The second kappa shape index (κ2) is 45.2. The molecule has 0 saturated carbocycles. The Morgan fingerprint density at radius 3 is 1.39 bits per heavy atom. The monoisotopic (exact) mass is 802 g/mol. The normalized spacial score (nSPS) is 13.6. The number of allylic oxidation sites excluding steroid dienone is 6. The Bertz CT molecular complexity index is 946. The SMILES string of the molecule is CCCCC/C=C\C/C=C\CCCCCCCC(CC(=O)NC(CO)C(O)CCCCCCCCCCC)OC(=O)CCCCC/C=C\CCCCCCCCC. The lowest BCUT2D eigenvalue weighted by atomic mass is 10.0. The minimum Gasteiger partial charge on any atom is -0.462 e. The van der Waals surface area contributed by atoms with Crippen molar-refractivity contribution in [3.8, 4) is 0 Å². The lowest BCUT2D eigenvalue weighted by molar-refractivity contribution is -0.151. The second-order valence-corrected chi connectivity index (χ2v) is 16.9. The highest BCUT2D eigenvalue weighted by Gasteiger charge is 2.24. The van der Waals surface area contributed by atoms with E-state index in [0.717, 1.165) is 77.0 Å². The molecule has 0 fully saturated rings. The number of amides is 1. The highest BCUT2D eigenvalue weighted by atomic mass is 16.5. The van der Waals surface area contributed by atoms with Crippen molar-refractivity contribution >= 4 is 11.9 Å². The lowest BCUT2D eigenvalue weighted by Gasteiger charge is -2.24. The van der Waals surface area contributed by atoms with Gasteiger partial charge in [-0.3, -0.25) is 9.59 Å². The zero-order chi connectivity index (χ0) is 41.7. The maximum atomic E-state index is 13.1. The maximum Gasteiger partial charge on any atom is 0.306 e. The van der Waals surface area contributed by atoms with E-state index in [-0.39, 0.29) is 24.9 Å². The van der Waals surface area contributed by atoms with Crippen LogP contribution in [0.4, 0.5) is 0 Å². The predicted molar refractivity (Wildman–Crippen MR) is 246 cm³/mol. The minimum absolute atomic E-state index is 0.0639. The molecule has 334 valence electrons. The van der Waals surface area contributed by atoms with Crippen LogP contribution in [0.5, 0.6) is 0 Å². The fourth-order valence-electron chi connectivity index (χ4n) is 7.40. The molecule has 0 saturated heterocycles. The van der Waals surface area contributed by atoms with Crippen molar-refractivity contribution in [2.24, 2.45) is 0 Å². The third kappa shape index (κ3) is 40.6. The Morgan fingerprint density at radius 2 is 0.895 bits per heavy atom. The van der Waals surface area contributed by atoms with Crippen LogP contribution in [0.2, 0.25) is 0 Å². The van der Waals surface area contributed by atoms with Crippen LogP contribution < -0.4 is 5.32 Å². The van der Waals surface area contributed by atoms with Gasteiger partial charge in [0.1, 0.15) is 6.10 Å². The Hall–Kier alpha value is -1.92. The summed E-state index contributed by atoms with van der Waals surface area (Å²) in [5.41, 5.74) is 0. The van der Waals surface area contributed by atoms with E-state index in [1.807, 2.05) is 0 Å². The lowest BCUT2D eigenvalue weighted by Crippen LogP contribution is -2.46. The van der Waals surface area contributed by atoms with Crippen molar-refractivity contribution in [2.75, 3.05) is 6.61 Å². The molecule has 0 heterocycles. The molecule has 0 aliphatic heterocycles. The van der Waals surface area contributed by atoms with Crippen molar-refractivity contribution < 1.29 is 24.5 Å². The highest BCUT2D eigenvalue weighted by molar-refractivity contribution is 5.77. The molecule has 6 heteroatoms. The summed E-state index contributed by atoms with van der Waals surface area (Å²) in [5, 5.41) is 23.6. The van der Waals surface area contributed by atoms with Crippen molar-refractivity contribution in [3.05, 3.63) is 36.5 Å². The van der Waals surface area contributed by atoms with Gasteiger partial charge in [-0.05, 0) is 83.5 Å². The van der Waals surface area contributed by atoms with Crippen LogP contribution in [0.25, 0.3) is 0 Å². The average molecular weight is 802 g/mol. The molecule has 0 spiro atoms. The van der Waals surface area contributed by atoms with Crippen LogP contribution in [0, 0.1) is 0 Å². The summed E-state index contributed by atoms with van der Waals surface area (Å²) in [6.07, 6.45) is 52.0. The summed E-state index contributed by atoms with van der Waals surface area (Å²) in [5.74, 6) is -0.502. The molecule has 0 aromatic rings. The van der Waals surface area contributed by atoms with Gasteiger partial charge < -0.3 is 20.3 Å². The highest BCUT2D eigenvalue weighted by Crippen LogP contribution is 2.17. The van der Waals surface area contributed by atoms with Crippen molar-refractivity contribution in [3.63, 3.8) is 0 Å². The van der Waals surface area contributed by atoms with Crippen LogP contribution >= 0.6 is 0 Å². The molecule has 0 aromatic carbocycles. The Balaban J connectivity index is 4.63. The number of carbonyl (C=O) groups is 2. The summed E-state index contributed by atoms with van der Waals surface area (Å²) in [4.78, 5) is 26.0. The molecule has 6 nitrogen and oxygen atoms in total. The topological polar surface area (TPSA) is 95.9 Å². The fraction of sp³-hybridized carbons (Fsp3) is 0.843. The molecule has 3 N–H and O–H groups in total. The molecular formula is C51H95NO5. The van der Waals surface area contributed by atoms with E-state index < -0.39 is 18.2 Å². The first-order valence-electron chi connectivity index (χ1n) is 24.7. The summed E-state index contributed by atoms with van der Waals surface area (Å²) in [6.45, 7) is 6.43. The molecule has 0 bridgehead atoms. The molecule has 0 rings (SSSR count). The van der Waals surface area contributed by atoms with E-state index in [0.29, 0.717) is 19.3 Å². The number of hydrogen-bond acceptors (Lipinski definition) is 5. The van der Waals surface area contributed by atoms with E-state index in [9.17, 15) is 19.8 Å². The molecule has 0 radical (unpaired) electrons. The van der Waals surface area contributed by atoms with Gasteiger partial charge in [-0.2, -0.15) is 0 Å². The summed E-state index contributed by atoms with van der Waals surface area (Å²) in [7, 11) is 0. The quantitative estimate of drug-likeness (QED) is 0.0324. The number of rotatable bonds is 44. The first kappa shape index (κ1) is 55.1. The number of nitrogens with one attached hydrogen (secondary N) is 1. The van der Waals surface area contributed by atoms with E-state index in [4.69, 9.17) is 4.74 Å². The largest absolute Gasteiger partial charge is 0.462 e. The van der Waals surface area contributed by atoms with Crippen LogP contribution in [-0.2, 0) is 14.3 Å². The van der Waals surface area contributed by atoms with Gasteiger partial charge in [0.15, 0.2) is 0 Å². The smallest absolute Gasteiger partial charge is 0.306 e. The van der Waals surface area contributed by atoms with Crippen molar-refractivity contribution in [2.45, 2.75) is 270 Å². The molecule has 3 unspecified atom stereocenters. The Kier molecular flexibility index (Phi) is 43.6. The molecule has 3 atom stereocenters. The van der Waals surface area contributed by atoms with Gasteiger partial charge in [0.05, 0.1) is 25.2 Å². The zero-order valence-electron chi connectivity index (χ0n) is 38.0. The van der Waals surface area contributed by atoms with Crippen molar-refractivity contribution in [1.82, 2.24) is 5.32 Å². The minimum atomic E-state index is -0.790. The number of unbranched alkanes of at least 4 members (excludes halogenated alkanes) is 26. The second-order valence-electron chi connectivity index (χ2n) is 16.9. The fourth-order valence-corrected chi connectivity index (χ4v) is 7.40. The van der Waals surface area contributed by atoms with Gasteiger partial charge in [-0.15, -0.1) is 0 Å². The van der Waals surface area contributed by atoms with Crippen molar-refractivity contribution in [1.29, 1.82) is 0 Å². The van der Waals surface area contributed by atoms with Gasteiger partial charge in [-0.1, -0.05) is 192 Å². The summed E-state index contributed by atoms with van der Waals surface area (Å²) < 4.78 is 5.91. The zero-order valence-corrected chi connectivity index (χ0v) is 38.0. The summed E-state index contributed by atoms with van der Waals surface area (Å²) in [6, 6.07) is -0.705. The number of hydrogen-bond donors (Lipinski definition) is 3. The number of esters is 1. The van der Waals surface area contributed by atoms with E-state index >= 15 is 0 Å². The molecule has 0 aliphatic carbocycles. The van der Waals surface area contributed by atoms with E-state index in [2.05, 4.69) is 62.5 Å². The first-order chi connectivity index (χ1) is 28.0. The standard InChI is InChI=1S/C51H95NO5/c1-4-7-10-13-16-19-21-23-25-26-28-31-33-36-39-42-47(57-51(56)44-41-38-35-32-29-27-24-22-20-17-14-11-8-5-2)45-50(55)52-48(46-53)49(54)43-40-37-34-30-18-15-12-9-6-3/h16,19,23,25,27,29,47-49,53-54H,4-15,17-18,20-22,24,26,28,30-46H2,1-3H3,(H,52,55)/b19-16-,25-23-,29-27-. The third-order valence-electron chi connectivity index (χ3n) is 11.2. The Labute approximate surface area is 353 Å². The molecular weight excluding hydrogens is 707 g/mol. The third-order valence-corrected chi connectivity index (χ3v) is 11.2. The van der Waals surface area contributed by atoms with Crippen LogP contribution in [-0.4, -0.2) is 46.9 Å². The average Bonchev–Trinajstić information content (AvgIpc) is 3.20. The molecule has 57 heavy (non-hydrogen) atoms. The predicted octanol–water partition coefficient (Wildman–Crippen LogP) is 14.5. The van der Waals surface area contributed by atoms with Gasteiger partial charge in [0, 0.05) is 6.42 Å². The van der Waals surface area contributed by atoms with Crippen LogP contribution in [0.3, 0.4) is 0 Å². The van der Waals surface area contributed by atoms with Gasteiger partial charge in [0.2, 0.25) is 5.91 Å². The number of carbonyl (C=O) groups excluding carboxylic acids is 2. The molecule has 0 aromatic heterocycles. The first-order valence-corrected chi connectivity index (χ1v) is 24.7. The van der Waals surface area contributed by atoms with E-state index in [1.54, 1.807) is 0 Å². The van der Waals surface area contributed by atoms with Crippen LogP contribution in [0.1, 0.15) is 252 Å². The van der Waals surface area contributed by atoms with Gasteiger partial charge >= 0.3 is 5.97 Å². The maximum absolute atomic E-state index is 13.1. The number of ether oxygens (including phenoxy) is 1. The number of aliphatic hydroxyl groups is 2. The molecule has 0 aliphatic rings. The van der Waals surface area contributed by atoms with Gasteiger partial charge in [0.25, 0.3) is 0 Å². The van der Waals surface area contributed by atoms with Crippen LogP contribution in [0.15, 0.2) is 36.5 Å². The summed E-state index contributed by atoms with van der Waals surface area (Å²) >= 11 is 0. The van der Waals surface area contributed by atoms with Gasteiger partial charge in [-0.25, -0.2) is 0 Å². The molecule has 1 amide bonds. The van der Waals surface area contributed by atoms with E-state index in [1.165, 1.54) is 128 Å². The Morgan fingerprint density at radius 1 is 0.509 bits per heavy atom. The number of aliphatic hydroxyl groups excluding tert-OH is 2.